The van der Waals surface area contributed by atoms with Crippen LogP contribution in [0.3, 0.4) is 0 Å². The number of aromatic nitrogens is 1. The number of benzene rings is 1. The molecule has 1 aromatic carbocycles. The van der Waals surface area contributed by atoms with E-state index in [-0.39, 0.29) is 18.0 Å². The summed E-state index contributed by atoms with van der Waals surface area (Å²) in [6.45, 7) is 1.36. The van der Waals surface area contributed by atoms with Gasteiger partial charge in [0, 0.05) is 18.5 Å². The first-order valence-electron chi connectivity index (χ1n) is 6.66. The van der Waals surface area contributed by atoms with Crippen molar-refractivity contribution in [3.8, 4) is 5.75 Å². The van der Waals surface area contributed by atoms with Crippen molar-refractivity contribution in [2.75, 3.05) is 6.61 Å². The highest BCUT2D eigenvalue weighted by molar-refractivity contribution is 5.82. The van der Waals surface area contributed by atoms with Crippen molar-refractivity contribution in [3.05, 3.63) is 64.0 Å². The first-order valence-corrected chi connectivity index (χ1v) is 6.66. The molecule has 1 heterocycles. The molecule has 0 bridgehead atoms. The summed E-state index contributed by atoms with van der Waals surface area (Å²) in [6.07, 6.45) is 4.65. The highest BCUT2D eigenvalue weighted by atomic mass is 16.6. The van der Waals surface area contributed by atoms with Crippen LogP contribution in [0.25, 0.3) is 0 Å². The Labute approximate surface area is 132 Å². The number of ether oxygens (including phenoxy) is 1. The molecule has 2 rings (SSSR count). The van der Waals surface area contributed by atoms with E-state index in [0.717, 1.165) is 11.1 Å². The number of nitro benzene ring substituents is 1. The van der Waals surface area contributed by atoms with Crippen LogP contribution in [0.1, 0.15) is 11.1 Å². The summed E-state index contributed by atoms with van der Waals surface area (Å²) in [5.41, 5.74) is 3.60. The van der Waals surface area contributed by atoms with E-state index in [1.165, 1.54) is 18.3 Å². The number of nitro groups is 1. The molecule has 0 saturated heterocycles. The lowest BCUT2D eigenvalue weighted by molar-refractivity contribution is -0.385. The average molecular weight is 314 g/mol. The second-order valence-corrected chi connectivity index (χ2v) is 4.59. The third-order valence-electron chi connectivity index (χ3n) is 2.78. The summed E-state index contributed by atoms with van der Waals surface area (Å²) >= 11 is 0. The lowest BCUT2D eigenvalue weighted by atomic mass is 10.2. The van der Waals surface area contributed by atoms with Gasteiger partial charge >= 0.3 is 5.69 Å². The minimum absolute atomic E-state index is 0.0360. The molecular weight excluding hydrogens is 300 g/mol. The number of nitrogens with one attached hydrogen (secondary N) is 1. The van der Waals surface area contributed by atoms with Crippen LogP contribution in [-0.4, -0.2) is 28.6 Å². The first kappa shape index (κ1) is 16.1. The summed E-state index contributed by atoms with van der Waals surface area (Å²) in [4.78, 5) is 25.9. The van der Waals surface area contributed by atoms with E-state index in [1.807, 2.05) is 0 Å². The van der Waals surface area contributed by atoms with Gasteiger partial charge in [0.2, 0.25) is 0 Å². The number of amides is 1. The van der Waals surface area contributed by atoms with E-state index >= 15 is 0 Å². The number of rotatable bonds is 6. The van der Waals surface area contributed by atoms with Crippen LogP contribution in [0.2, 0.25) is 0 Å². The molecule has 1 amide bonds. The monoisotopic (exact) mass is 314 g/mol. The molecule has 0 spiro atoms. The lowest BCUT2D eigenvalue weighted by Crippen LogP contribution is -2.24. The number of pyridine rings is 1. The molecule has 0 radical (unpaired) electrons. The fraction of sp³-hybridized carbons (Fsp3) is 0.133. The number of hydrogen-bond donors (Lipinski definition) is 1. The zero-order valence-corrected chi connectivity index (χ0v) is 12.3. The highest BCUT2D eigenvalue weighted by Gasteiger charge is 2.16. The molecule has 0 saturated carbocycles. The van der Waals surface area contributed by atoms with Crippen LogP contribution in [0.5, 0.6) is 5.75 Å². The third kappa shape index (κ3) is 4.88. The van der Waals surface area contributed by atoms with Gasteiger partial charge in [0.25, 0.3) is 5.91 Å². The van der Waals surface area contributed by atoms with Gasteiger partial charge < -0.3 is 4.74 Å². The molecule has 8 heteroatoms. The number of carbonyl (C=O) groups is 1. The predicted octanol–water partition coefficient (Wildman–Crippen LogP) is 1.83. The van der Waals surface area contributed by atoms with Crippen LogP contribution >= 0.6 is 0 Å². The van der Waals surface area contributed by atoms with E-state index in [4.69, 9.17) is 4.74 Å². The number of hydrazone groups is 1. The Hall–Kier alpha value is -3.29. The summed E-state index contributed by atoms with van der Waals surface area (Å²) in [7, 11) is 0. The second kappa shape index (κ2) is 7.64. The highest BCUT2D eigenvalue weighted by Crippen LogP contribution is 2.27. The van der Waals surface area contributed by atoms with Gasteiger partial charge in [-0.2, -0.15) is 5.10 Å². The molecule has 0 aliphatic rings. The van der Waals surface area contributed by atoms with Crippen molar-refractivity contribution < 1.29 is 14.5 Å². The fourth-order valence-corrected chi connectivity index (χ4v) is 1.70. The minimum atomic E-state index is -0.554. The number of aryl methyl sites for hydroxylation is 1. The fourth-order valence-electron chi connectivity index (χ4n) is 1.70. The van der Waals surface area contributed by atoms with Crippen LogP contribution < -0.4 is 10.2 Å². The molecule has 2 aromatic rings. The Morgan fingerprint density at radius 1 is 1.39 bits per heavy atom. The maximum Gasteiger partial charge on any atom is 0.311 e. The lowest BCUT2D eigenvalue weighted by Gasteiger charge is -2.06. The van der Waals surface area contributed by atoms with Crippen molar-refractivity contribution in [3.63, 3.8) is 0 Å². The van der Waals surface area contributed by atoms with Crippen molar-refractivity contribution in [2.24, 2.45) is 5.10 Å². The van der Waals surface area contributed by atoms with E-state index in [0.29, 0.717) is 0 Å². The molecule has 23 heavy (non-hydrogen) atoms. The van der Waals surface area contributed by atoms with Gasteiger partial charge in [-0.3, -0.25) is 19.9 Å². The maximum atomic E-state index is 11.6. The molecule has 1 aromatic heterocycles. The molecule has 0 aliphatic carbocycles. The average Bonchev–Trinajstić information content (AvgIpc) is 2.54. The molecule has 0 fully saturated rings. The molecule has 1 N–H and O–H groups in total. The molecule has 8 nitrogen and oxygen atoms in total. The quantitative estimate of drug-likeness (QED) is 0.497. The Bertz CT molecular complexity index is 732. The van der Waals surface area contributed by atoms with Gasteiger partial charge in [0.1, 0.15) is 0 Å². The van der Waals surface area contributed by atoms with Gasteiger partial charge in [0.05, 0.1) is 11.1 Å². The maximum absolute atomic E-state index is 11.6. The predicted molar refractivity (Wildman–Crippen MR) is 83.3 cm³/mol. The molecule has 118 valence electrons. The van der Waals surface area contributed by atoms with Crippen molar-refractivity contribution in [1.29, 1.82) is 0 Å². The first-order chi connectivity index (χ1) is 11.1. The molecule has 0 atom stereocenters. The van der Waals surface area contributed by atoms with E-state index < -0.39 is 10.8 Å². The Balaban J connectivity index is 1.90. The van der Waals surface area contributed by atoms with Crippen LogP contribution in [0.4, 0.5) is 5.69 Å². The number of nitrogens with zero attached hydrogens (tertiary/aromatic N) is 3. The Morgan fingerprint density at radius 2 is 2.13 bits per heavy atom. The van der Waals surface area contributed by atoms with Crippen molar-refractivity contribution in [2.45, 2.75) is 6.92 Å². The van der Waals surface area contributed by atoms with E-state index in [2.05, 4.69) is 15.5 Å². The van der Waals surface area contributed by atoms with Crippen LogP contribution in [0.15, 0.2) is 47.8 Å². The molecule has 0 aliphatic heterocycles. The standard InChI is InChI=1S/C15H14N4O4/c1-11-2-3-14(13(8-11)19(21)22)23-10-15(20)18-17-9-12-4-6-16-7-5-12/h2-9H,10H2,1H3,(H,18,20)/b17-9+. The Kier molecular flexibility index (Phi) is 5.35. The SMILES string of the molecule is Cc1ccc(OCC(=O)N/N=C/c2ccncc2)c([N+](=O)[O-])c1. The summed E-state index contributed by atoms with van der Waals surface area (Å²) < 4.78 is 5.18. The smallest absolute Gasteiger partial charge is 0.311 e. The summed E-state index contributed by atoms with van der Waals surface area (Å²) in [5, 5.41) is 14.7. The van der Waals surface area contributed by atoms with Crippen molar-refractivity contribution in [1.82, 2.24) is 10.4 Å². The van der Waals surface area contributed by atoms with Gasteiger partial charge in [-0.15, -0.1) is 0 Å². The normalized spacial score (nSPS) is 10.5. The topological polar surface area (TPSA) is 107 Å². The van der Waals surface area contributed by atoms with Crippen LogP contribution in [-0.2, 0) is 4.79 Å². The number of carbonyl (C=O) groups excluding carboxylic acids is 1. The zero-order valence-electron chi connectivity index (χ0n) is 12.3. The van der Waals surface area contributed by atoms with Gasteiger partial charge in [-0.1, -0.05) is 6.07 Å². The van der Waals surface area contributed by atoms with Gasteiger partial charge in [-0.05, 0) is 36.2 Å². The van der Waals surface area contributed by atoms with Crippen LogP contribution in [0, 0.1) is 17.0 Å². The third-order valence-corrected chi connectivity index (χ3v) is 2.78. The molecular formula is C15H14N4O4. The zero-order chi connectivity index (χ0) is 16.7. The molecule has 0 unspecified atom stereocenters. The van der Waals surface area contributed by atoms with E-state index in [9.17, 15) is 14.9 Å². The largest absolute Gasteiger partial charge is 0.477 e. The summed E-state index contributed by atoms with van der Waals surface area (Å²) in [6, 6.07) is 7.96. The second-order valence-electron chi connectivity index (χ2n) is 4.59. The number of hydrogen-bond acceptors (Lipinski definition) is 6. The van der Waals surface area contributed by atoms with E-state index in [1.54, 1.807) is 37.5 Å². The minimum Gasteiger partial charge on any atom is -0.477 e. The van der Waals surface area contributed by atoms with Gasteiger partial charge in [-0.25, -0.2) is 5.43 Å². The summed E-state index contributed by atoms with van der Waals surface area (Å²) in [5.74, 6) is -0.487. The Morgan fingerprint density at radius 3 is 2.83 bits per heavy atom. The van der Waals surface area contributed by atoms with Crippen molar-refractivity contribution >= 4 is 17.8 Å². The van der Waals surface area contributed by atoms with Gasteiger partial charge in [0.15, 0.2) is 12.4 Å².